The molecule has 0 aromatic heterocycles. The van der Waals surface area contributed by atoms with Gasteiger partial charge in [-0.1, -0.05) is 42.5 Å². The van der Waals surface area contributed by atoms with Crippen molar-refractivity contribution in [3.05, 3.63) is 59.2 Å². The van der Waals surface area contributed by atoms with Gasteiger partial charge in [0.2, 0.25) is 0 Å². The Labute approximate surface area is 122 Å². The van der Waals surface area contributed by atoms with Gasteiger partial charge in [-0.05, 0) is 27.8 Å². The molecule has 0 aliphatic rings. The number of alkyl halides is 3. The monoisotopic (exact) mass is 298 g/mol. The Balaban J connectivity index is 2.42. The van der Waals surface area contributed by atoms with Crippen molar-refractivity contribution in [2.45, 2.75) is 17.6 Å². The highest BCUT2D eigenvalue weighted by Crippen LogP contribution is 2.27. The summed E-state index contributed by atoms with van der Waals surface area (Å²) in [5, 5.41) is 0. The van der Waals surface area contributed by atoms with Crippen LogP contribution < -0.4 is 0 Å². The van der Waals surface area contributed by atoms with Crippen LogP contribution in [0, 0.1) is 0 Å². The smallest absolute Gasteiger partial charge is 0.0480 e. The van der Waals surface area contributed by atoms with Gasteiger partial charge in [-0.25, -0.2) is 0 Å². The SMILES string of the molecule is ClCc1ccc(-c2ccc(CCl)cc2CCl)cc1. The molecule has 0 amide bonds. The van der Waals surface area contributed by atoms with Crippen LogP contribution in [0.4, 0.5) is 0 Å². The molecule has 0 radical (unpaired) electrons. The summed E-state index contributed by atoms with van der Waals surface area (Å²) in [6, 6.07) is 14.4. The predicted molar refractivity (Wildman–Crippen MR) is 80.5 cm³/mol. The van der Waals surface area contributed by atoms with Crippen molar-refractivity contribution in [3.8, 4) is 11.1 Å². The van der Waals surface area contributed by atoms with E-state index in [1.54, 1.807) is 0 Å². The predicted octanol–water partition coefficient (Wildman–Crippen LogP) is 5.57. The van der Waals surface area contributed by atoms with Crippen LogP contribution in [0.1, 0.15) is 16.7 Å². The van der Waals surface area contributed by atoms with Gasteiger partial charge in [-0.15, -0.1) is 34.8 Å². The van der Waals surface area contributed by atoms with E-state index in [4.69, 9.17) is 34.8 Å². The number of hydrogen-bond donors (Lipinski definition) is 0. The van der Waals surface area contributed by atoms with Gasteiger partial charge in [0.15, 0.2) is 0 Å². The second-order valence-corrected chi connectivity index (χ2v) is 4.89. The van der Waals surface area contributed by atoms with Crippen LogP contribution in [-0.2, 0) is 17.6 Å². The lowest BCUT2D eigenvalue weighted by Crippen LogP contribution is -1.89. The minimum Gasteiger partial charge on any atom is -0.122 e. The van der Waals surface area contributed by atoms with Crippen LogP contribution >= 0.6 is 34.8 Å². The Morgan fingerprint density at radius 3 is 1.83 bits per heavy atom. The highest BCUT2D eigenvalue weighted by molar-refractivity contribution is 6.18. The summed E-state index contributed by atoms with van der Waals surface area (Å²) in [5.74, 6) is 1.53. The highest BCUT2D eigenvalue weighted by atomic mass is 35.5. The first kappa shape index (κ1) is 13.7. The molecule has 94 valence electrons. The third-order valence-electron chi connectivity index (χ3n) is 2.89. The molecule has 0 bridgehead atoms. The van der Waals surface area contributed by atoms with E-state index < -0.39 is 0 Å². The molecule has 0 saturated heterocycles. The summed E-state index contributed by atoms with van der Waals surface area (Å²) in [6.45, 7) is 0. The number of benzene rings is 2. The molecule has 0 atom stereocenters. The summed E-state index contributed by atoms with van der Waals surface area (Å²) in [7, 11) is 0. The lowest BCUT2D eigenvalue weighted by atomic mass is 9.98. The molecule has 0 heterocycles. The molecule has 2 aromatic carbocycles. The molecule has 0 nitrogen and oxygen atoms in total. The maximum Gasteiger partial charge on any atom is 0.0480 e. The topological polar surface area (TPSA) is 0 Å². The van der Waals surface area contributed by atoms with Crippen LogP contribution in [0.5, 0.6) is 0 Å². The lowest BCUT2D eigenvalue weighted by Gasteiger charge is -2.09. The van der Waals surface area contributed by atoms with Crippen molar-refractivity contribution < 1.29 is 0 Å². The minimum atomic E-state index is 0.483. The molecule has 0 fully saturated rings. The fourth-order valence-electron chi connectivity index (χ4n) is 1.90. The maximum absolute atomic E-state index is 6.01. The zero-order valence-electron chi connectivity index (χ0n) is 9.80. The van der Waals surface area contributed by atoms with Crippen LogP contribution in [0.25, 0.3) is 11.1 Å². The lowest BCUT2D eigenvalue weighted by molar-refractivity contribution is 1.31. The fourth-order valence-corrected chi connectivity index (χ4v) is 2.46. The van der Waals surface area contributed by atoms with Crippen molar-refractivity contribution in [3.63, 3.8) is 0 Å². The average molecular weight is 300 g/mol. The standard InChI is InChI=1S/C15H13Cl3/c16-8-11-1-4-13(5-2-11)15-6-3-12(9-17)7-14(15)10-18/h1-7H,8-10H2. The summed E-state index contributed by atoms with van der Waals surface area (Å²) in [4.78, 5) is 0. The van der Waals surface area contributed by atoms with Gasteiger partial charge in [-0.3, -0.25) is 0 Å². The first-order chi connectivity index (χ1) is 8.78. The summed E-state index contributed by atoms with van der Waals surface area (Å²) >= 11 is 17.6. The zero-order chi connectivity index (χ0) is 13.0. The van der Waals surface area contributed by atoms with E-state index in [-0.39, 0.29) is 0 Å². The minimum absolute atomic E-state index is 0.483. The fraction of sp³-hybridized carbons (Fsp3) is 0.200. The van der Waals surface area contributed by atoms with Gasteiger partial charge >= 0.3 is 0 Å². The second kappa shape index (κ2) is 6.47. The first-order valence-electron chi connectivity index (χ1n) is 5.67. The first-order valence-corrected chi connectivity index (χ1v) is 7.28. The zero-order valence-corrected chi connectivity index (χ0v) is 12.1. The largest absolute Gasteiger partial charge is 0.122 e. The average Bonchev–Trinajstić information content (AvgIpc) is 2.46. The maximum atomic E-state index is 6.01. The Kier molecular flexibility index (Phi) is 4.94. The number of hydrogen-bond acceptors (Lipinski definition) is 0. The Bertz CT molecular complexity index is 518. The molecule has 0 saturated carbocycles. The van der Waals surface area contributed by atoms with Gasteiger partial charge in [0, 0.05) is 17.6 Å². The summed E-state index contributed by atoms with van der Waals surface area (Å²) < 4.78 is 0. The van der Waals surface area contributed by atoms with Crippen molar-refractivity contribution in [2.75, 3.05) is 0 Å². The van der Waals surface area contributed by atoms with E-state index in [0.29, 0.717) is 17.6 Å². The van der Waals surface area contributed by atoms with Gasteiger partial charge in [-0.2, -0.15) is 0 Å². The molecule has 18 heavy (non-hydrogen) atoms. The van der Waals surface area contributed by atoms with E-state index in [1.165, 1.54) is 0 Å². The normalized spacial score (nSPS) is 10.6. The summed E-state index contributed by atoms with van der Waals surface area (Å²) in [6.07, 6.45) is 0. The Morgan fingerprint density at radius 1 is 0.667 bits per heavy atom. The summed E-state index contributed by atoms with van der Waals surface area (Å²) in [5.41, 5.74) is 5.62. The molecule has 0 N–H and O–H groups in total. The van der Waals surface area contributed by atoms with Crippen LogP contribution in [-0.4, -0.2) is 0 Å². The highest BCUT2D eigenvalue weighted by Gasteiger charge is 2.05. The molecular formula is C15H13Cl3. The van der Waals surface area contributed by atoms with E-state index in [2.05, 4.69) is 24.3 Å². The number of rotatable bonds is 4. The number of halogens is 3. The van der Waals surface area contributed by atoms with E-state index >= 15 is 0 Å². The molecular weight excluding hydrogens is 287 g/mol. The molecule has 2 aromatic rings. The quantitative estimate of drug-likeness (QED) is 0.647. The van der Waals surface area contributed by atoms with Crippen LogP contribution in [0.3, 0.4) is 0 Å². The third-order valence-corrected chi connectivity index (χ3v) is 3.79. The van der Waals surface area contributed by atoms with Crippen molar-refractivity contribution in [1.82, 2.24) is 0 Å². The van der Waals surface area contributed by atoms with Gasteiger partial charge < -0.3 is 0 Å². The van der Waals surface area contributed by atoms with Gasteiger partial charge in [0.05, 0.1) is 0 Å². The van der Waals surface area contributed by atoms with Gasteiger partial charge in [0.25, 0.3) is 0 Å². The third kappa shape index (κ3) is 3.00. The Hall–Kier alpha value is -0.690. The van der Waals surface area contributed by atoms with Crippen molar-refractivity contribution >= 4 is 34.8 Å². The molecule has 0 unspecified atom stereocenters. The molecule has 0 aliphatic carbocycles. The van der Waals surface area contributed by atoms with Crippen molar-refractivity contribution in [2.24, 2.45) is 0 Å². The second-order valence-electron chi connectivity index (χ2n) is 4.09. The van der Waals surface area contributed by atoms with E-state index in [9.17, 15) is 0 Å². The Morgan fingerprint density at radius 2 is 1.28 bits per heavy atom. The molecule has 3 heteroatoms. The van der Waals surface area contributed by atoms with Gasteiger partial charge in [0.1, 0.15) is 0 Å². The van der Waals surface area contributed by atoms with Crippen LogP contribution in [0.15, 0.2) is 42.5 Å². The van der Waals surface area contributed by atoms with Crippen LogP contribution in [0.2, 0.25) is 0 Å². The molecule has 0 spiro atoms. The van der Waals surface area contributed by atoms with Crippen molar-refractivity contribution in [1.29, 1.82) is 0 Å². The molecule has 2 rings (SSSR count). The van der Waals surface area contributed by atoms with E-state index in [0.717, 1.165) is 27.8 Å². The van der Waals surface area contributed by atoms with E-state index in [1.807, 2.05) is 18.2 Å². The molecule has 0 aliphatic heterocycles.